The third-order valence-electron chi connectivity index (χ3n) is 3.46. The molecule has 0 aliphatic heterocycles. The van der Waals surface area contributed by atoms with Crippen molar-refractivity contribution in [2.75, 3.05) is 0 Å². The quantitative estimate of drug-likeness (QED) is 0.310. The highest BCUT2D eigenvalue weighted by Crippen LogP contribution is 2.32. The molecule has 0 fully saturated rings. The summed E-state index contributed by atoms with van der Waals surface area (Å²) in [5.74, 6) is 0.126. The summed E-state index contributed by atoms with van der Waals surface area (Å²) in [4.78, 5) is 11.9. The van der Waals surface area contributed by atoms with E-state index in [9.17, 15) is 4.79 Å². The van der Waals surface area contributed by atoms with Crippen LogP contribution in [0, 0.1) is 0 Å². The molecule has 20 heavy (non-hydrogen) atoms. The van der Waals surface area contributed by atoms with E-state index in [2.05, 4.69) is 6.92 Å². The molecule has 1 rings (SSSR count). The Balaban J connectivity index is 2.04. The number of carbonyl (C=O) groups excluding carboxylic acids is 1. The van der Waals surface area contributed by atoms with Crippen molar-refractivity contribution < 1.29 is 4.79 Å². The Labute approximate surface area is 136 Å². The second-order valence-electron chi connectivity index (χ2n) is 5.24. The molecule has 0 unspecified atom stereocenters. The molecule has 4 heteroatoms. The van der Waals surface area contributed by atoms with Crippen LogP contribution in [0.3, 0.4) is 0 Å². The number of ketones is 1. The van der Waals surface area contributed by atoms with Gasteiger partial charge in [-0.25, -0.2) is 0 Å². The van der Waals surface area contributed by atoms with Crippen LogP contribution in [0.15, 0.2) is 6.07 Å². The van der Waals surface area contributed by atoms with Crippen LogP contribution >= 0.6 is 34.5 Å². The van der Waals surface area contributed by atoms with E-state index >= 15 is 0 Å². The number of rotatable bonds is 11. The van der Waals surface area contributed by atoms with E-state index in [0.29, 0.717) is 20.7 Å². The summed E-state index contributed by atoms with van der Waals surface area (Å²) >= 11 is 13.1. The van der Waals surface area contributed by atoms with E-state index in [0.717, 1.165) is 12.8 Å². The van der Waals surface area contributed by atoms with Crippen LogP contribution in [0.1, 0.15) is 81.5 Å². The molecule has 114 valence electrons. The van der Waals surface area contributed by atoms with Crippen molar-refractivity contribution in [3.8, 4) is 0 Å². The van der Waals surface area contributed by atoms with Gasteiger partial charge in [-0.3, -0.25) is 4.79 Å². The summed E-state index contributed by atoms with van der Waals surface area (Å²) in [6.07, 6.45) is 11.9. The van der Waals surface area contributed by atoms with Crippen molar-refractivity contribution in [1.82, 2.24) is 0 Å². The SMILES string of the molecule is CCCCCCCCCCCC(=O)c1cc(Cl)sc1Cl. The lowest BCUT2D eigenvalue weighted by atomic mass is 10.0. The number of hydrogen-bond donors (Lipinski definition) is 0. The molecule has 0 radical (unpaired) electrons. The van der Waals surface area contributed by atoms with Crippen molar-refractivity contribution in [2.24, 2.45) is 0 Å². The maximum Gasteiger partial charge on any atom is 0.165 e. The van der Waals surface area contributed by atoms with Gasteiger partial charge in [-0.15, -0.1) is 11.3 Å². The molecule has 0 aliphatic rings. The average Bonchev–Trinajstić information content (AvgIpc) is 2.75. The van der Waals surface area contributed by atoms with E-state index in [1.807, 2.05) is 0 Å². The minimum Gasteiger partial charge on any atom is -0.294 e. The monoisotopic (exact) mass is 334 g/mol. The molecule has 0 atom stereocenters. The summed E-state index contributed by atoms with van der Waals surface area (Å²) in [7, 11) is 0. The number of hydrogen-bond acceptors (Lipinski definition) is 2. The largest absolute Gasteiger partial charge is 0.294 e. The molecule has 1 nitrogen and oxygen atoms in total. The van der Waals surface area contributed by atoms with E-state index < -0.39 is 0 Å². The van der Waals surface area contributed by atoms with Crippen LogP contribution in [-0.4, -0.2) is 5.78 Å². The lowest BCUT2D eigenvalue weighted by Gasteiger charge is -2.02. The summed E-state index contributed by atoms with van der Waals surface area (Å²) in [5, 5.41) is 0. The van der Waals surface area contributed by atoms with E-state index in [1.54, 1.807) is 6.07 Å². The summed E-state index contributed by atoms with van der Waals surface area (Å²) in [6, 6.07) is 1.69. The third-order valence-corrected chi connectivity index (χ3v) is 4.95. The van der Waals surface area contributed by atoms with Crippen molar-refractivity contribution >= 4 is 40.3 Å². The zero-order valence-corrected chi connectivity index (χ0v) is 14.5. The van der Waals surface area contributed by atoms with Gasteiger partial charge < -0.3 is 0 Å². The zero-order valence-electron chi connectivity index (χ0n) is 12.2. The fraction of sp³-hybridized carbons (Fsp3) is 0.688. The fourth-order valence-corrected chi connectivity index (χ4v) is 3.76. The first-order valence-corrected chi connectivity index (χ1v) is 9.20. The summed E-state index contributed by atoms with van der Waals surface area (Å²) in [6.45, 7) is 2.24. The van der Waals surface area contributed by atoms with Crippen molar-refractivity contribution in [3.05, 3.63) is 20.3 Å². The molecular weight excluding hydrogens is 311 g/mol. The van der Waals surface area contributed by atoms with Crippen LogP contribution in [0.2, 0.25) is 8.67 Å². The second kappa shape index (κ2) is 10.6. The fourth-order valence-electron chi connectivity index (χ4n) is 2.26. The molecule has 0 amide bonds. The third kappa shape index (κ3) is 7.10. The van der Waals surface area contributed by atoms with Crippen molar-refractivity contribution in [3.63, 3.8) is 0 Å². The number of halogens is 2. The van der Waals surface area contributed by atoms with Gasteiger partial charge in [-0.2, -0.15) is 0 Å². The van der Waals surface area contributed by atoms with Gasteiger partial charge in [0.2, 0.25) is 0 Å². The molecule has 0 bridgehead atoms. The number of Topliss-reactive ketones (excluding diaryl/α,β-unsaturated/α-hetero) is 1. The Hall–Kier alpha value is -0.0500. The summed E-state index contributed by atoms with van der Waals surface area (Å²) in [5.41, 5.74) is 0.598. The normalized spacial score (nSPS) is 10.9. The van der Waals surface area contributed by atoms with Gasteiger partial charge in [-0.1, -0.05) is 81.5 Å². The predicted molar refractivity (Wildman–Crippen MR) is 90.5 cm³/mol. The van der Waals surface area contributed by atoms with E-state index in [4.69, 9.17) is 23.2 Å². The number of carbonyl (C=O) groups is 1. The number of thiophene rings is 1. The van der Waals surface area contributed by atoms with E-state index in [1.165, 1.54) is 56.3 Å². The van der Waals surface area contributed by atoms with Crippen LogP contribution in [0.5, 0.6) is 0 Å². The van der Waals surface area contributed by atoms with Gasteiger partial charge >= 0.3 is 0 Å². The predicted octanol–water partition coefficient (Wildman–Crippen LogP) is 7.16. The minimum atomic E-state index is 0.126. The molecular formula is C16H24Cl2OS. The second-order valence-corrected chi connectivity index (χ2v) is 7.53. The molecule has 0 N–H and O–H groups in total. The number of unbranched alkanes of at least 4 members (excludes halogenated alkanes) is 8. The average molecular weight is 335 g/mol. The van der Waals surface area contributed by atoms with Crippen LogP contribution in [0.4, 0.5) is 0 Å². The van der Waals surface area contributed by atoms with Gasteiger partial charge in [0, 0.05) is 12.0 Å². The van der Waals surface area contributed by atoms with E-state index in [-0.39, 0.29) is 5.78 Å². The zero-order chi connectivity index (χ0) is 14.8. The molecule has 0 saturated heterocycles. The summed E-state index contributed by atoms with van der Waals surface area (Å²) < 4.78 is 1.11. The standard InChI is InChI=1S/C16H24Cl2OS/c1-2-3-4-5-6-7-8-9-10-11-14(19)13-12-15(17)20-16(13)18/h12H,2-11H2,1H3. The first-order chi connectivity index (χ1) is 9.65. The van der Waals surface area contributed by atoms with Crippen molar-refractivity contribution in [2.45, 2.75) is 71.1 Å². The molecule has 1 aromatic heterocycles. The smallest absolute Gasteiger partial charge is 0.165 e. The molecule has 0 saturated carbocycles. The minimum absolute atomic E-state index is 0.126. The Morgan fingerprint density at radius 3 is 2.05 bits per heavy atom. The Morgan fingerprint density at radius 2 is 1.55 bits per heavy atom. The van der Waals surface area contributed by atoms with Gasteiger partial charge in [0.25, 0.3) is 0 Å². The lowest BCUT2D eigenvalue weighted by Crippen LogP contribution is -1.97. The topological polar surface area (TPSA) is 17.1 Å². The Kier molecular flexibility index (Phi) is 9.58. The van der Waals surface area contributed by atoms with Gasteiger partial charge in [0.05, 0.1) is 4.34 Å². The first-order valence-electron chi connectivity index (χ1n) is 7.63. The van der Waals surface area contributed by atoms with Gasteiger partial charge in [-0.05, 0) is 12.5 Å². The Morgan fingerprint density at radius 1 is 1.00 bits per heavy atom. The molecule has 0 aromatic carbocycles. The highest BCUT2D eigenvalue weighted by molar-refractivity contribution is 7.20. The highest BCUT2D eigenvalue weighted by Gasteiger charge is 2.13. The highest BCUT2D eigenvalue weighted by atomic mass is 35.5. The first kappa shape index (κ1) is 18.0. The Bertz CT molecular complexity index is 401. The van der Waals surface area contributed by atoms with Gasteiger partial charge in [0.15, 0.2) is 5.78 Å². The maximum absolute atomic E-state index is 11.9. The maximum atomic E-state index is 11.9. The van der Waals surface area contributed by atoms with Crippen LogP contribution in [0.25, 0.3) is 0 Å². The molecule has 1 aromatic rings. The molecule has 0 spiro atoms. The van der Waals surface area contributed by atoms with Crippen LogP contribution in [-0.2, 0) is 0 Å². The molecule has 1 heterocycles. The molecule has 0 aliphatic carbocycles. The van der Waals surface area contributed by atoms with Crippen molar-refractivity contribution in [1.29, 1.82) is 0 Å². The lowest BCUT2D eigenvalue weighted by molar-refractivity contribution is 0.0979. The van der Waals surface area contributed by atoms with Crippen LogP contribution < -0.4 is 0 Å². The van der Waals surface area contributed by atoms with Gasteiger partial charge in [0.1, 0.15) is 4.34 Å².